The van der Waals surface area contributed by atoms with Crippen molar-refractivity contribution in [3.8, 4) is 0 Å². The molecule has 92 valence electrons. The van der Waals surface area contributed by atoms with E-state index in [9.17, 15) is 4.79 Å². The Kier molecular flexibility index (Phi) is 3.76. The smallest absolute Gasteiger partial charge is 0.268 e. The first-order valence-electron chi connectivity index (χ1n) is 6.00. The summed E-state index contributed by atoms with van der Waals surface area (Å²) >= 11 is 0. The minimum absolute atomic E-state index is 0.0832. The Morgan fingerprint density at radius 3 is 2.47 bits per heavy atom. The Morgan fingerprint density at radius 2 is 1.88 bits per heavy atom. The molecule has 0 radical (unpaired) electrons. The van der Waals surface area contributed by atoms with Gasteiger partial charge in [-0.05, 0) is 45.1 Å². The van der Waals surface area contributed by atoms with Gasteiger partial charge in [-0.3, -0.25) is 9.80 Å². The van der Waals surface area contributed by atoms with Crippen molar-refractivity contribution in [2.45, 2.75) is 18.9 Å². The predicted molar refractivity (Wildman–Crippen MR) is 67.3 cm³/mol. The lowest BCUT2D eigenvalue weighted by Gasteiger charge is -2.34. The van der Waals surface area contributed by atoms with Crippen LogP contribution in [0.1, 0.15) is 23.2 Å². The van der Waals surface area contributed by atoms with Gasteiger partial charge in [0.25, 0.3) is 5.91 Å². The standard InChI is InChI=1S/C13H19N3O/c1-15-9-7-12(8-10-15)16(14)13(17)11-5-3-2-4-6-11/h2-6,12H,7-10,14H2,1H3. The fourth-order valence-electron chi connectivity index (χ4n) is 2.17. The lowest BCUT2D eigenvalue weighted by atomic mass is 10.0. The Hall–Kier alpha value is -1.39. The highest BCUT2D eigenvalue weighted by molar-refractivity contribution is 5.93. The summed E-state index contributed by atoms with van der Waals surface area (Å²) in [5.41, 5.74) is 0.661. The second-order valence-electron chi connectivity index (χ2n) is 4.61. The van der Waals surface area contributed by atoms with Crippen molar-refractivity contribution in [1.82, 2.24) is 9.91 Å². The molecule has 0 saturated carbocycles. The summed E-state index contributed by atoms with van der Waals surface area (Å²) in [6.07, 6.45) is 1.90. The zero-order chi connectivity index (χ0) is 12.3. The number of nitrogens with two attached hydrogens (primary N) is 1. The number of carbonyl (C=O) groups is 1. The first kappa shape index (κ1) is 12.1. The van der Waals surface area contributed by atoms with Crippen LogP contribution >= 0.6 is 0 Å². The average Bonchev–Trinajstić information content (AvgIpc) is 2.39. The maximum atomic E-state index is 12.1. The van der Waals surface area contributed by atoms with E-state index >= 15 is 0 Å². The number of amides is 1. The molecule has 1 aliphatic heterocycles. The van der Waals surface area contributed by atoms with E-state index in [1.807, 2.05) is 18.2 Å². The molecule has 4 nitrogen and oxygen atoms in total. The zero-order valence-corrected chi connectivity index (χ0v) is 10.2. The maximum Gasteiger partial charge on any atom is 0.268 e. The van der Waals surface area contributed by atoms with Crippen LogP contribution in [0.15, 0.2) is 30.3 Å². The summed E-state index contributed by atoms with van der Waals surface area (Å²) in [4.78, 5) is 14.4. The van der Waals surface area contributed by atoms with Crippen molar-refractivity contribution in [2.24, 2.45) is 5.84 Å². The summed E-state index contributed by atoms with van der Waals surface area (Å²) in [5.74, 6) is 5.85. The number of hydrazine groups is 1. The van der Waals surface area contributed by atoms with E-state index in [1.165, 1.54) is 5.01 Å². The molecule has 2 rings (SSSR count). The summed E-state index contributed by atoms with van der Waals surface area (Å²) < 4.78 is 0. The molecule has 0 spiro atoms. The molecule has 1 saturated heterocycles. The van der Waals surface area contributed by atoms with Gasteiger partial charge in [0.1, 0.15) is 0 Å². The van der Waals surface area contributed by atoms with Crippen LogP contribution in [0, 0.1) is 0 Å². The van der Waals surface area contributed by atoms with E-state index in [2.05, 4.69) is 11.9 Å². The van der Waals surface area contributed by atoms with E-state index in [4.69, 9.17) is 5.84 Å². The van der Waals surface area contributed by atoms with Gasteiger partial charge in [-0.15, -0.1) is 0 Å². The van der Waals surface area contributed by atoms with Crippen molar-refractivity contribution in [3.05, 3.63) is 35.9 Å². The Balaban J connectivity index is 2.00. The number of rotatable bonds is 2. The summed E-state index contributed by atoms with van der Waals surface area (Å²) in [6, 6.07) is 9.38. The fraction of sp³-hybridized carbons (Fsp3) is 0.462. The van der Waals surface area contributed by atoms with Gasteiger partial charge < -0.3 is 4.90 Å². The van der Waals surface area contributed by atoms with Crippen LogP contribution in [0.2, 0.25) is 0 Å². The van der Waals surface area contributed by atoms with Crippen LogP contribution in [-0.4, -0.2) is 42.0 Å². The number of nitrogens with zero attached hydrogens (tertiary/aromatic N) is 2. The largest absolute Gasteiger partial charge is 0.306 e. The average molecular weight is 233 g/mol. The van der Waals surface area contributed by atoms with E-state index in [-0.39, 0.29) is 11.9 Å². The minimum Gasteiger partial charge on any atom is -0.306 e. The molecule has 4 heteroatoms. The van der Waals surface area contributed by atoms with Crippen molar-refractivity contribution in [2.75, 3.05) is 20.1 Å². The number of hydrogen-bond donors (Lipinski definition) is 1. The molecule has 17 heavy (non-hydrogen) atoms. The molecule has 0 aromatic heterocycles. The van der Waals surface area contributed by atoms with E-state index in [0.717, 1.165) is 25.9 Å². The topological polar surface area (TPSA) is 49.6 Å². The lowest BCUT2D eigenvalue weighted by Crippen LogP contribution is -2.50. The summed E-state index contributed by atoms with van der Waals surface area (Å²) in [6.45, 7) is 2.00. The highest BCUT2D eigenvalue weighted by Gasteiger charge is 2.25. The van der Waals surface area contributed by atoms with E-state index in [1.54, 1.807) is 12.1 Å². The molecular weight excluding hydrogens is 214 g/mol. The predicted octanol–water partition coefficient (Wildman–Crippen LogP) is 1.10. The van der Waals surface area contributed by atoms with Gasteiger partial charge in [-0.1, -0.05) is 18.2 Å². The SMILES string of the molecule is CN1CCC(N(N)C(=O)c2ccccc2)CC1. The third-order valence-corrected chi connectivity index (χ3v) is 3.34. The van der Waals surface area contributed by atoms with Crippen LogP contribution in [0.4, 0.5) is 0 Å². The van der Waals surface area contributed by atoms with Gasteiger partial charge in [0.2, 0.25) is 0 Å². The monoisotopic (exact) mass is 233 g/mol. The second kappa shape index (κ2) is 5.29. The molecular formula is C13H19N3O. The normalized spacial score (nSPS) is 18.0. The summed E-state index contributed by atoms with van der Waals surface area (Å²) in [5, 5.41) is 1.41. The van der Waals surface area contributed by atoms with E-state index < -0.39 is 0 Å². The fourth-order valence-corrected chi connectivity index (χ4v) is 2.17. The number of piperidine rings is 1. The molecule has 2 N–H and O–H groups in total. The Morgan fingerprint density at radius 1 is 1.29 bits per heavy atom. The molecule has 1 amide bonds. The highest BCUT2D eigenvalue weighted by atomic mass is 16.2. The lowest BCUT2D eigenvalue weighted by molar-refractivity contribution is 0.0591. The van der Waals surface area contributed by atoms with Crippen molar-refractivity contribution >= 4 is 5.91 Å². The van der Waals surface area contributed by atoms with Gasteiger partial charge in [-0.2, -0.15) is 0 Å². The Labute approximate surface area is 102 Å². The zero-order valence-electron chi connectivity index (χ0n) is 10.2. The first-order chi connectivity index (χ1) is 8.18. The molecule has 1 aromatic rings. The van der Waals surface area contributed by atoms with Crippen LogP contribution in [0.25, 0.3) is 0 Å². The molecule has 1 aromatic carbocycles. The minimum atomic E-state index is -0.0832. The van der Waals surface area contributed by atoms with Crippen LogP contribution in [0.3, 0.4) is 0 Å². The van der Waals surface area contributed by atoms with Crippen LogP contribution in [0.5, 0.6) is 0 Å². The number of benzene rings is 1. The third-order valence-electron chi connectivity index (χ3n) is 3.34. The third kappa shape index (κ3) is 2.84. The van der Waals surface area contributed by atoms with Gasteiger partial charge in [0, 0.05) is 5.56 Å². The van der Waals surface area contributed by atoms with Crippen LogP contribution < -0.4 is 5.84 Å². The Bertz CT molecular complexity index is 372. The second-order valence-corrected chi connectivity index (χ2v) is 4.61. The van der Waals surface area contributed by atoms with Crippen molar-refractivity contribution in [3.63, 3.8) is 0 Å². The van der Waals surface area contributed by atoms with Gasteiger partial charge >= 0.3 is 0 Å². The molecule has 1 heterocycles. The van der Waals surface area contributed by atoms with Gasteiger partial charge in [0.05, 0.1) is 6.04 Å². The molecule has 0 atom stereocenters. The quantitative estimate of drug-likeness (QED) is 0.473. The van der Waals surface area contributed by atoms with Crippen molar-refractivity contribution in [1.29, 1.82) is 0 Å². The highest BCUT2D eigenvalue weighted by Crippen LogP contribution is 2.15. The maximum absolute atomic E-state index is 12.1. The number of carbonyl (C=O) groups excluding carboxylic acids is 1. The molecule has 0 aliphatic carbocycles. The number of hydrogen-bond acceptors (Lipinski definition) is 3. The van der Waals surface area contributed by atoms with Gasteiger partial charge in [0.15, 0.2) is 0 Å². The van der Waals surface area contributed by atoms with Crippen molar-refractivity contribution < 1.29 is 4.79 Å². The molecule has 1 fully saturated rings. The molecule has 0 unspecified atom stereocenters. The van der Waals surface area contributed by atoms with E-state index in [0.29, 0.717) is 5.56 Å². The molecule has 0 bridgehead atoms. The van der Waals surface area contributed by atoms with Gasteiger partial charge in [-0.25, -0.2) is 5.84 Å². The number of likely N-dealkylation sites (tertiary alicyclic amines) is 1. The first-order valence-corrected chi connectivity index (χ1v) is 6.00. The van der Waals surface area contributed by atoms with Crippen LogP contribution in [-0.2, 0) is 0 Å². The summed E-state index contributed by atoms with van der Waals surface area (Å²) in [7, 11) is 2.09. The molecule has 1 aliphatic rings.